The van der Waals surface area contributed by atoms with Crippen molar-refractivity contribution in [2.24, 2.45) is 5.92 Å². The molecule has 0 aliphatic carbocycles. The lowest BCUT2D eigenvalue weighted by Crippen LogP contribution is -2.43. The second-order valence-electron chi connectivity index (χ2n) is 6.88. The van der Waals surface area contributed by atoms with Crippen LogP contribution in [-0.2, 0) is 14.3 Å². The fraction of sp³-hybridized carbons (Fsp3) is 0.318. The molecule has 0 spiro atoms. The Bertz CT molecular complexity index is 1040. The van der Waals surface area contributed by atoms with Crippen LogP contribution in [0.4, 0.5) is 5.95 Å². The maximum absolute atomic E-state index is 12.9. The molecule has 0 fully saturated rings. The lowest BCUT2D eigenvalue weighted by Gasteiger charge is -2.32. The van der Waals surface area contributed by atoms with Crippen molar-refractivity contribution in [1.82, 2.24) is 9.55 Å². The largest absolute Gasteiger partial charge is 0.494 e. The van der Waals surface area contributed by atoms with E-state index in [0.717, 1.165) is 28.8 Å². The van der Waals surface area contributed by atoms with Crippen LogP contribution in [0.15, 0.2) is 48.5 Å². The number of imidazole rings is 1. The number of hydrogen-bond donors (Lipinski definition) is 1. The molecular weight excluding hydrogens is 370 g/mol. The van der Waals surface area contributed by atoms with Gasteiger partial charge < -0.3 is 14.0 Å². The van der Waals surface area contributed by atoms with Crippen LogP contribution in [0, 0.1) is 5.92 Å². The highest BCUT2D eigenvalue weighted by Gasteiger charge is 2.44. The zero-order chi connectivity index (χ0) is 20.4. The Morgan fingerprint density at radius 1 is 1.14 bits per heavy atom. The van der Waals surface area contributed by atoms with Crippen LogP contribution in [-0.4, -0.2) is 34.6 Å². The highest BCUT2D eigenvalue weighted by Crippen LogP contribution is 2.39. The van der Waals surface area contributed by atoms with Crippen molar-refractivity contribution in [2.75, 3.05) is 18.5 Å². The van der Waals surface area contributed by atoms with Crippen molar-refractivity contribution in [2.45, 2.75) is 26.3 Å². The first-order valence-corrected chi connectivity index (χ1v) is 9.81. The monoisotopic (exact) mass is 393 g/mol. The summed E-state index contributed by atoms with van der Waals surface area (Å²) in [5, 5.41) is 2.77. The summed E-state index contributed by atoms with van der Waals surface area (Å²) in [6.07, 6.45) is 0.917. The number of anilines is 1. The molecule has 2 heterocycles. The van der Waals surface area contributed by atoms with Crippen molar-refractivity contribution in [3.8, 4) is 5.75 Å². The number of benzene rings is 2. The van der Waals surface area contributed by atoms with Crippen LogP contribution < -0.4 is 10.1 Å². The number of hydrogen-bond acceptors (Lipinski definition) is 5. The van der Waals surface area contributed by atoms with Crippen LogP contribution in [0.5, 0.6) is 5.75 Å². The van der Waals surface area contributed by atoms with Gasteiger partial charge in [0.15, 0.2) is 5.92 Å². The fourth-order valence-electron chi connectivity index (χ4n) is 3.69. The summed E-state index contributed by atoms with van der Waals surface area (Å²) in [6.45, 7) is 4.61. The maximum atomic E-state index is 12.9. The first kappa shape index (κ1) is 19.0. The average Bonchev–Trinajstić information content (AvgIpc) is 3.09. The number of esters is 1. The highest BCUT2D eigenvalue weighted by atomic mass is 16.5. The molecule has 1 aliphatic rings. The van der Waals surface area contributed by atoms with Gasteiger partial charge in [0.2, 0.25) is 11.9 Å². The molecule has 1 aromatic heterocycles. The third kappa shape index (κ3) is 3.44. The molecule has 0 bridgehead atoms. The molecule has 2 atom stereocenters. The van der Waals surface area contributed by atoms with Crippen LogP contribution in [0.2, 0.25) is 0 Å². The van der Waals surface area contributed by atoms with Crippen molar-refractivity contribution in [1.29, 1.82) is 0 Å². The Morgan fingerprint density at radius 3 is 2.62 bits per heavy atom. The van der Waals surface area contributed by atoms with Gasteiger partial charge in [0.1, 0.15) is 5.75 Å². The van der Waals surface area contributed by atoms with Gasteiger partial charge in [-0.1, -0.05) is 31.2 Å². The van der Waals surface area contributed by atoms with Crippen molar-refractivity contribution < 1.29 is 19.1 Å². The molecule has 1 aliphatic heterocycles. The molecule has 150 valence electrons. The Morgan fingerprint density at radius 2 is 1.90 bits per heavy atom. The second kappa shape index (κ2) is 7.95. The molecule has 0 saturated carbocycles. The van der Waals surface area contributed by atoms with Gasteiger partial charge in [-0.25, -0.2) is 4.98 Å². The van der Waals surface area contributed by atoms with Crippen molar-refractivity contribution in [3.05, 3.63) is 54.1 Å². The van der Waals surface area contributed by atoms with E-state index in [-0.39, 0.29) is 6.61 Å². The van der Waals surface area contributed by atoms with Crippen molar-refractivity contribution in [3.63, 3.8) is 0 Å². The van der Waals surface area contributed by atoms with Gasteiger partial charge in [0.25, 0.3) is 0 Å². The number of para-hydroxylation sites is 2. The summed E-state index contributed by atoms with van der Waals surface area (Å²) in [6, 6.07) is 14.5. The molecule has 3 aromatic rings. The molecule has 1 amide bonds. The SMILES string of the molecule is CCCOc1ccc([C@H]2[C@@H](C(=O)OCC)C(=O)Nc3nc4ccccc4n32)cc1. The number of carbonyl (C=O) groups is 2. The number of nitrogens with one attached hydrogen (secondary N) is 1. The Hall–Kier alpha value is -3.35. The molecule has 7 heteroatoms. The van der Waals surface area contributed by atoms with Gasteiger partial charge >= 0.3 is 5.97 Å². The molecule has 0 saturated heterocycles. The van der Waals surface area contributed by atoms with Crippen LogP contribution in [0.3, 0.4) is 0 Å². The lowest BCUT2D eigenvalue weighted by molar-refractivity contribution is -0.152. The van der Waals surface area contributed by atoms with Crippen LogP contribution in [0.25, 0.3) is 11.0 Å². The quantitative estimate of drug-likeness (QED) is 0.512. The minimum atomic E-state index is -1.01. The van der Waals surface area contributed by atoms with Gasteiger partial charge in [-0.15, -0.1) is 0 Å². The average molecular weight is 393 g/mol. The number of fused-ring (bicyclic) bond motifs is 3. The van der Waals surface area contributed by atoms with Gasteiger partial charge in [-0.3, -0.25) is 14.9 Å². The summed E-state index contributed by atoms with van der Waals surface area (Å²) < 4.78 is 12.8. The number of aromatic nitrogens is 2. The number of nitrogens with zero attached hydrogens (tertiary/aromatic N) is 2. The zero-order valence-electron chi connectivity index (χ0n) is 16.4. The normalized spacial score (nSPS) is 18.2. The van der Waals surface area contributed by atoms with Gasteiger partial charge in [0, 0.05) is 0 Å². The minimum Gasteiger partial charge on any atom is -0.494 e. The third-order valence-corrected chi connectivity index (χ3v) is 4.94. The number of ether oxygens (including phenoxy) is 2. The first-order chi connectivity index (χ1) is 14.1. The van der Waals surface area contributed by atoms with E-state index in [1.54, 1.807) is 6.92 Å². The van der Waals surface area contributed by atoms with Gasteiger partial charge in [0.05, 0.1) is 30.3 Å². The highest BCUT2D eigenvalue weighted by molar-refractivity contribution is 6.07. The fourth-order valence-corrected chi connectivity index (χ4v) is 3.69. The standard InChI is InChI=1S/C22H23N3O4/c1-3-13-29-15-11-9-14(10-12-15)19-18(21(27)28-4-2)20(26)24-22-23-16-7-5-6-8-17(16)25(19)22/h5-12,18-19H,3-4,13H2,1-2H3,(H,23,24,26)/t18-,19+/m1/s1. The van der Waals surface area contributed by atoms with E-state index in [1.807, 2.05) is 60.0 Å². The molecule has 4 rings (SSSR count). The van der Waals surface area contributed by atoms with E-state index < -0.39 is 23.8 Å². The molecule has 0 unspecified atom stereocenters. The topological polar surface area (TPSA) is 82.4 Å². The number of carbonyl (C=O) groups excluding carboxylic acids is 2. The Balaban J connectivity index is 1.84. The van der Waals surface area contributed by atoms with Gasteiger partial charge in [-0.05, 0) is 43.2 Å². The van der Waals surface area contributed by atoms with E-state index in [4.69, 9.17) is 9.47 Å². The van der Waals surface area contributed by atoms with E-state index >= 15 is 0 Å². The van der Waals surface area contributed by atoms with E-state index in [2.05, 4.69) is 10.3 Å². The summed E-state index contributed by atoms with van der Waals surface area (Å²) in [5.74, 6) is -0.804. The second-order valence-corrected chi connectivity index (χ2v) is 6.88. The molecular formula is C22H23N3O4. The number of amides is 1. The van der Waals surface area contributed by atoms with Gasteiger partial charge in [-0.2, -0.15) is 0 Å². The Kier molecular flexibility index (Phi) is 5.20. The molecule has 0 radical (unpaired) electrons. The van der Waals surface area contributed by atoms with E-state index in [9.17, 15) is 9.59 Å². The molecule has 7 nitrogen and oxygen atoms in total. The Labute approximate surface area is 168 Å². The zero-order valence-corrected chi connectivity index (χ0v) is 16.4. The molecule has 2 aromatic carbocycles. The number of rotatable bonds is 6. The van der Waals surface area contributed by atoms with Crippen LogP contribution in [0.1, 0.15) is 31.9 Å². The minimum absolute atomic E-state index is 0.205. The smallest absolute Gasteiger partial charge is 0.321 e. The summed E-state index contributed by atoms with van der Waals surface area (Å²) in [7, 11) is 0. The van der Waals surface area contributed by atoms with Crippen molar-refractivity contribution >= 4 is 28.9 Å². The van der Waals surface area contributed by atoms with E-state index in [0.29, 0.717) is 12.6 Å². The summed E-state index contributed by atoms with van der Waals surface area (Å²) in [5.41, 5.74) is 2.40. The molecule has 29 heavy (non-hydrogen) atoms. The van der Waals surface area contributed by atoms with Crippen LogP contribution >= 0.6 is 0 Å². The van der Waals surface area contributed by atoms with E-state index in [1.165, 1.54) is 0 Å². The maximum Gasteiger partial charge on any atom is 0.321 e. The first-order valence-electron chi connectivity index (χ1n) is 9.81. The summed E-state index contributed by atoms with van der Waals surface area (Å²) >= 11 is 0. The predicted molar refractivity (Wildman–Crippen MR) is 109 cm³/mol. The summed E-state index contributed by atoms with van der Waals surface area (Å²) in [4.78, 5) is 30.1. The third-order valence-electron chi connectivity index (χ3n) is 4.94. The predicted octanol–water partition coefficient (Wildman–Crippen LogP) is 3.55. The molecule has 1 N–H and O–H groups in total. The lowest BCUT2D eigenvalue weighted by atomic mass is 9.90.